The fraction of sp³-hybridized carbons (Fsp3) is 0.444. The van der Waals surface area contributed by atoms with Crippen LogP contribution in [-0.2, 0) is 11.3 Å². The Bertz CT molecular complexity index is 663. The van der Waals surface area contributed by atoms with Crippen LogP contribution in [0.2, 0.25) is 0 Å². The summed E-state index contributed by atoms with van der Waals surface area (Å²) in [4.78, 5) is 15.2. The third-order valence-electron chi connectivity index (χ3n) is 4.62. The summed E-state index contributed by atoms with van der Waals surface area (Å²) in [5.41, 5.74) is 2.13. The fourth-order valence-corrected chi connectivity index (χ4v) is 3.26. The number of aromatic nitrogens is 2. The van der Waals surface area contributed by atoms with Gasteiger partial charge in [0.2, 0.25) is 0 Å². The molecule has 0 spiro atoms. The lowest BCUT2D eigenvalue weighted by Crippen LogP contribution is -2.44. The van der Waals surface area contributed by atoms with Crippen LogP contribution in [0.5, 0.6) is 0 Å². The fourth-order valence-electron chi connectivity index (χ4n) is 3.26. The number of piperidine rings is 1. The van der Waals surface area contributed by atoms with Gasteiger partial charge < -0.3 is 5.11 Å². The Labute approximate surface area is 142 Å². The quantitative estimate of drug-likeness (QED) is 0.877. The molecule has 1 N–H and O–H groups in total. The molecule has 3 rings (SSSR count). The van der Waals surface area contributed by atoms with Gasteiger partial charge in [-0.2, -0.15) is 5.10 Å². The van der Waals surface area contributed by atoms with Crippen molar-refractivity contribution in [2.24, 2.45) is 0 Å². The van der Waals surface area contributed by atoms with Crippen molar-refractivity contribution in [1.29, 1.82) is 0 Å². The van der Waals surface area contributed by atoms with Gasteiger partial charge in [-0.1, -0.05) is 18.2 Å². The molecular weight excluding hydrogens is 304 g/mol. The van der Waals surface area contributed by atoms with E-state index in [1.165, 1.54) is 0 Å². The summed E-state index contributed by atoms with van der Waals surface area (Å²) in [6.45, 7) is 2.92. The lowest BCUT2D eigenvalue weighted by Gasteiger charge is -2.35. The number of benzene rings is 1. The molecule has 1 fully saturated rings. The highest BCUT2D eigenvalue weighted by Gasteiger charge is 2.23. The average Bonchev–Trinajstić information content (AvgIpc) is 3.04. The SMILES string of the molecule is CN(CC(=O)O)C1CCN(Cc2ccn(-c3ccccc3)n2)CC1. The van der Waals surface area contributed by atoms with Gasteiger partial charge in [0.15, 0.2) is 0 Å². The zero-order valence-corrected chi connectivity index (χ0v) is 14.0. The first kappa shape index (κ1) is 16.7. The van der Waals surface area contributed by atoms with E-state index >= 15 is 0 Å². The third kappa shape index (κ3) is 4.21. The molecule has 0 radical (unpaired) electrons. The van der Waals surface area contributed by atoms with Gasteiger partial charge in [-0.15, -0.1) is 0 Å². The molecule has 1 aromatic carbocycles. The zero-order chi connectivity index (χ0) is 16.9. The topological polar surface area (TPSA) is 61.6 Å². The van der Waals surface area contributed by atoms with E-state index in [0.717, 1.165) is 43.9 Å². The van der Waals surface area contributed by atoms with Crippen LogP contribution in [0.3, 0.4) is 0 Å². The highest BCUT2D eigenvalue weighted by Crippen LogP contribution is 2.17. The van der Waals surface area contributed by atoms with Gasteiger partial charge >= 0.3 is 5.97 Å². The highest BCUT2D eigenvalue weighted by atomic mass is 16.4. The monoisotopic (exact) mass is 328 g/mol. The Balaban J connectivity index is 1.52. The molecule has 2 heterocycles. The minimum Gasteiger partial charge on any atom is -0.480 e. The van der Waals surface area contributed by atoms with Crippen molar-refractivity contribution < 1.29 is 9.90 Å². The van der Waals surface area contributed by atoms with Gasteiger partial charge in [0.05, 0.1) is 17.9 Å². The van der Waals surface area contributed by atoms with Crippen LogP contribution >= 0.6 is 0 Å². The molecule has 6 nitrogen and oxygen atoms in total. The molecule has 2 aromatic rings. The lowest BCUT2D eigenvalue weighted by molar-refractivity contribution is -0.138. The van der Waals surface area contributed by atoms with Gasteiger partial charge in [-0.05, 0) is 38.1 Å². The van der Waals surface area contributed by atoms with Gasteiger partial charge in [-0.3, -0.25) is 14.6 Å². The second-order valence-corrected chi connectivity index (χ2v) is 6.40. The molecule has 24 heavy (non-hydrogen) atoms. The number of hydrogen-bond acceptors (Lipinski definition) is 4. The third-order valence-corrected chi connectivity index (χ3v) is 4.62. The van der Waals surface area contributed by atoms with Crippen LogP contribution in [0.1, 0.15) is 18.5 Å². The number of nitrogens with zero attached hydrogens (tertiary/aromatic N) is 4. The van der Waals surface area contributed by atoms with Crippen LogP contribution in [-0.4, -0.2) is 63.4 Å². The van der Waals surface area contributed by atoms with Crippen molar-refractivity contribution in [3.05, 3.63) is 48.3 Å². The minimum atomic E-state index is -0.758. The Kier molecular flexibility index (Phi) is 5.27. The predicted octanol–water partition coefficient (Wildman–Crippen LogP) is 1.85. The van der Waals surface area contributed by atoms with Gasteiger partial charge in [-0.25, -0.2) is 4.68 Å². The summed E-state index contributed by atoms with van der Waals surface area (Å²) < 4.78 is 1.91. The van der Waals surface area contributed by atoms with Crippen LogP contribution < -0.4 is 0 Å². The zero-order valence-electron chi connectivity index (χ0n) is 14.0. The Hall–Kier alpha value is -2.18. The normalized spacial score (nSPS) is 16.6. The molecule has 128 valence electrons. The second-order valence-electron chi connectivity index (χ2n) is 6.40. The van der Waals surface area contributed by atoms with Crippen molar-refractivity contribution in [3.63, 3.8) is 0 Å². The van der Waals surface area contributed by atoms with Gasteiger partial charge in [0.1, 0.15) is 0 Å². The molecule has 1 aromatic heterocycles. The molecule has 1 aliphatic heterocycles. The van der Waals surface area contributed by atoms with E-state index in [2.05, 4.69) is 16.1 Å². The molecule has 1 aliphatic rings. The summed E-state index contributed by atoms with van der Waals surface area (Å²) >= 11 is 0. The number of carbonyl (C=O) groups is 1. The number of aliphatic carboxylic acids is 1. The molecule has 0 unspecified atom stereocenters. The number of likely N-dealkylation sites (N-methyl/N-ethyl adjacent to an activating group) is 1. The van der Waals surface area contributed by atoms with E-state index < -0.39 is 5.97 Å². The van der Waals surface area contributed by atoms with Crippen LogP contribution in [0.4, 0.5) is 0 Å². The summed E-state index contributed by atoms with van der Waals surface area (Å²) in [5.74, 6) is -0.758. The minimum absolute atomic E-state index is 0.117. The smallest absolute Gasteiger partial charge is 0.317 e. The molecule has 1 saturated heterocycles. The van der Waals surface area contributed by atoms with Crippen molar-refractivity contribution in [1.82, 2.24) is 19.6 Å². The number of rotatable bonds is 6. The first-order valence-corrected chi connectivity index (χ1v) is 8.36. The Morgan fingerprint density at radius 3 is 2.62 bits per heavy atom. The maximum atomic E-state index is 10.8. The number of hydrogen-bond donors (Lipinski definition) is 1. The molecular formula is C18H24N4O2. The van der Waals surface area contributed by atoms with Crippen LogP contribution in [0.15, 0.2) is 42.6 Å². The predicted molar refractivity (Wildman–Crippen MR) is 92.1 cm³/mol. The maximum Gasteiger partial charge on any atom is 0.317 e. The summed E-state index contributed by atoms with van der Waals surface area (Å²) in [6, 6.07) is 12.5. The van der Waals surface area contributed by atoms with Gasteiger partial charge in [0, 0.05) is 31.9 Å². The van der Waals surface area contributed by atoms with Crippen LogP contribution in [0.25, 0.3) is 5.69 Å². The van der Waals surface area contributed by atoms with E-state index in [-0.39, 0.29) is 6.54 Å². The number of carboxylic acids is 1. The molecule has 6 heteroatoms. The van der Waals surface area contributed by atoms with E-state index in [1.807, 2.05) is 53.2 Å². The lowest BCUT2D eigenvalue weighted by atomic mass is 10.0. The number of carboxylic acid groups (broad SMARTS) is 1. The number of likely N-dealkylation sites (tertiary alicyclic amines) is 1. The molecule has 0 bridgehead atoms. The first-order chi connectivity index (χ1) is 11.6. The van der Waals surface area contributed by atoms with Crippen LogP contribution in [0, 0.1) is 0 Å². The maximum absolute atomic E-state index is 10.8. The van der Waals surface area contributed by atoms with E-state index in [0.29, 0.717) is 6.04 Å². The molecule has 0 aliphatic carbocycles. The summed E-state index contributed by atoms with van der Waals surface area (Å²) in [7, 11) is 1.90. The van der Waals surface area contributed by atoms with E-state index in [4.69, 9.17) is 5.11 Å². The van der Waals surface area contributed by atoms with E-state index in [1.54, 1.807) is 0 Å². The first-order valence-electron chi connectivity index (χ1n) is 8.36. The molecule has 0 saturated carbocycles. The highest BCUT2D eigenvalue weighted by molar-refractivity contribution is 5.69. The second kappa shape index (κ2) is 7.59. The average molecular weight is 328 g/mol. The van der Waals surface area contributed by atoms with Crippen molar-refractivity contribution in [2.45, 2.75) is 25.4 Å². The largest absolute Gasteiger partial charge is 0.480 e. The summed E-state index contributed by atoms with van der Waals surface area (Å²) in [5, 5.41) is 13.5. The Morgan fingerprint density at radius 2 is 1.96 bits per heavy atom. The number of para-hydroxylation sites is 1. The standard InChI is InChI=1S/C18H24N4O2/c1-20(14-18(23)24)16-8-10-21(11-9-16)13-15-7-12-22(19-15)17-5-3-2-4-6-17/h2-7,12,16H,8-11,13-14H2,1H3,(H,23,24). The molecule has 0 atom stereocenters. The Morgan fingerprint density at radius 1 is 1.25 bits per heavy atom. The summed E-state index contributed by atoms with van der Waals surface area (Å²) in [6.07, 6.45) is 4.00. The molecule has 0 amide bonds. The van der Waals surface area contributed by atoms with Crippen molar-refractivity contribution >= 4 is 5.97 Å². The van der Waals surface area contributed by atoms with Crippen molar-refractivity contribution in [2.75, 3.05) is 26.7 Å². The van der Waals surface area contributed by atoms with E-state index in [9.17, 15) is 4.79 Å². The van der Waals surface area contributed by atoms with Gasteiger partial charge in [0.25, 0.3) is 0 Å². The van der Waals surface area contributed by atoms with Crippen molar-refractivity contribution in [3.8, 4) is 5.69 Å².